The van der Waals surface area contributed by atoms with Gasteiger partial charge in [-0.3, -0.25) is 0 Å². The molecule has 0 atom stereocenters. The molecular weight excluding hydrogens is 269 g/mol. The number of nitrogens with zero attached hydrogens (tertiary/aromatic N) is 1. The van der Waals surface area contributed by atoms with Crippen molar-refractivity contribution in [1.82, 2.24) is 4.98 Å². The van der Waals surface area contributed by atoms with Crippen molar-refractivity contribution >= 4 is 28.9 Å². The van der Waals surface area contributed by atoms with Crippen molar-refractivity contribution in [3.8, 4) is 10.9 Å². The van der Waals surface area contributed by atoms with Gasteiger partial charge in [0, 0.05) is 0 Å². The summed E-state index contributed by atoms with van der Waals surface area (Å²) in [6.45, 7) is 0. The minimum atomic E-state index is -1.17. The summed E-state index contributed by atoms with van der Waals surface area (Å²) in [6.07, 6.45) is 0. The third kappa shape index (κ3) is 2.72. The van der Waals surface area contributed by atoms with Crippen molar-refractivity contribution in [2.24, 2.45) is 0 Å². The van der Waals surface area contributed by atoms with Crippen LogP contribution in [0.4, 0.5) is 4.39 Å². The van der Waals surface area contributed by atoms with Crippen molar-refractivity contribution in [2.75, 3.05) is 0 Å². The van der Waals surface area contributed by atoms with Crippen LogP contribution in [0.1, 0.15) is 9.67 Å². The highest BCUT2D eigenvalue weighted by Gasteiger charge is 2.16. The van der Waals surface area contributed by atoms with Crippen molar-refractivity contribution < 1.29 is 19.0 Å². The Hall–Kier alpha value is -1.66. The molecule has 0 fully saturated rings. The number of aromatic nitrogens is 1. The van der Waals surface area contributed by atoms with E-state index in [1.807, 2.05) is 0 Å². The van der Waals surface area contributed by atoms with Gasteiger partial charge in [0.1, 0.15) is 11.6 Å². The topological polar surface area (TPSA) is 59.4 Å². The lowest BCUT2D eigenvalue weighted by Crippen LogP contribution is -1.91. The van der Waals surface area contributed by atoms with Gasteiger partial charge in [-0.15, -0.1) is 0 Å². The Morgan fingerprint density at radius 1 is 1.41 bits per heavy atom. The second-order valence-corrected chi connectivity index (χ2v) is 4.28. The molecule has 0 saturated carbocycles. The summed E-state index contributed by atoms with van der Waals surface area (Å²) in [6, 6.07) is 5.27. The van der Waals surface area contributed by atoms with Crippen LogP contribution in [-0.2, 0) is 0 Å². The molecule has 1 aromatic carbocycles. The molecule has 0 aliphatic heterocycles. The van der Waals surface area contributed by atoms with Crippen molar-refractivity contribution in [1.29, 1.82) is 0 Å². The van der Waals surface area contributed by atoms with Crippen LogP contribution in [0.2, 0.25) is 5.15 Å². The Labute approximate surface area is 104 Å². The molecule has 0 bridgehead atoms. The fraction of sp³-hybridized carbons (Fsp3) is 0. The first-order valence-electron chi connectivity index (χ1n) is 4.39. The van der Waals surface area contributed by atoms with Crippen LogP contribution in [0.5, 0.6) is 10.9 Å². The highest BCUT2D eigenvalue weighted by atomic mass is 35.5. The number of benzene rings is 1. The Kier molecular flexibility index (Phi) is 3.26. The van der Waals surface area contributed by atoms with Gasteiger partial charge in [0.2, 0.25) is 0 Å². The van der Waals surface area contributed by atoms with E-state index >= 15 is 0 Å². The maximum atomic E-state index is 12.6. The normalized spacial score (nSPS) is 10.2. The van der Waals surface area contributed by atoms with Gasteiger partial charge in [-0.1, -0.05) is 22.9 Å². The molecule has 0 amide bonds. The zero-order valence-corrected chi connectivity index (χ0v) is 9.76. The van der Waals surface area contributed by atoms with Crippen LogP contribution >= 0.6 is 22.9 Å². The fourth-order valence-electron chi connectivity index (χ4n) is 1.06. The molecule has 1 aromatic heterocycles. The lowest BCUT2D eigenvalue weighted by molar-refractivity contribution is 0.0702. The Morgan fingerprint density at radius 3 is 2.59 bits per heavy atom. The molecule has 2 aromatic rings. The maximum Gasteiger partial charge on any atom is 0.349 e. The molecule has 0 aliphatic rings. The number of halogens is 2. The molecule has 1 N–H and O–H groups in total. The van der Waals surface area contributed by atoms with Crippen molar-refractivity contribution in [3.63, 3.8) is 0 Å². The second-order valence-electron chi connectivity index (χ2n) is 2.96. The fourth-order valence-corrected chi connectivity index (χ4v) is 2.05. The maximum absolute atomic E-state index is 12.6. The van der Waals surface area contributed by atoms with Crippen LogP contribution in [0.3, 0.4) is 0 Å². The Bertz CT molecular complexity index is 555. The van der Waals surface area contributed by atoms with Crippen molar-refractivity contribution in [3.05, 3.63) is 40.1 Å². The van der Waals surface area contributed by atoms with Gasteiger partial charge in [-0.05, 0) is 24.3 Å². The van der Waals surface area contributed by atoms with Crippen LogP contribution < -0.4 is 4.74 Å². The number of aromatic carboxylic acids is 1. The first-order chi connectivity index (χ1) is 8.06. The van der Waals surface area contributed by atoms with E-state index in [-0.39, 0.29) is 21.0 Å². The number of carbonyl (C=O) groups is 1. The summed E-state index contributed by atoms with van der Waals surface area (Å²) < 4.78 is 17.9. The molecule has 0 unspecified atom stereocenters. The monoisotopic (exact) mass is 273 g/mol. The van der Waals surface area contributed by atoms with E-state index in [1.54, 1.807) is 0 Å². The van der Waals surface area contributed by atoms with E-state index in [9.17, 15) is 9.18 Å². The smallest absolute Gasteiger partial charge is 0.349 e. The predicted octanol–water partition coefficient (Wildman–Crippen LogP) is 3.43. The van der Waals surface area contributed by atoms with Gasteiger partial charge < -0.3 is 9.84 Å². The van der Waals surface area contributed by atoms with Gasteiger partial charge in [0.15, 0.2) is 10.0 Å². The quantitative estimate of drug-likeness (QED) is 0.931. The lowest BCUT2D eigenvalue weighted by atomic mass is 10.3. The average molecular weight is 274 g/mol. The number of carboxylic acids is 1. The zero-order chi connectivity index (χ0) is 12.4. The first kappa shape index (κ1) is 11.8. The molecule has 0 spiro atoms. The summed E-state index contributed by atoms with van der Waals surface area (Å²) >= 11 is 6.42. The van der Waals surface area contributed by atoms with Crippen LogP contribution in [0.25, 0.3) is 0 Å². The lowest BCUT2D eigenvalue weighted by Gasteiger charge is -1.99. The largest absolute Gasteiger partial charge is 0.477 e. The average Bonchev–Trinajstić information content (AvgIpc) is 2.63. The Morgan fingerprint density at radius 2 is 2.06 bits per heavy atom. The SMILES string of the molecule is O=C(O)c1sc(Oc2ccc(F)cc2)nc1Cl. The van der Waals surface area contributed by atoms with Gasteiger partial charge >= 0.3 is 5.97 Å². The summed E-state index contributed by atoms with van der Waals surface area (Å²) in [5, 5.41) is 8.73. The zero-order valence-electron chi connectivity index (χ0n) is 8.18. The van der Waals surface area contributed by atoms with E-state index in [0.29, 0.717) is 5.75 Å². The molecule has 0 radical (unpaired) electrons. The van der Waals surface area contributed by atoms with Crippen LogP contribution in [-0.4, -0.2) is 16.1 Å². The highest BCUT2D eigenvalue weighted by Crippen LogP contribution is 2.31. The van der Waals surface area contributed by atoms with Gasteiger partial charge in [0.05, 0.1) is 0 Å². The van der Waals surface area contributed by atoms with Crippen LogP contribution in [0, 0.1) is 5.82 Å². The number of ether oxygens (including phenoxy) is 1. The molecule has 7 heteroatoms. The standard InChI is InChI=1S/C10H5ClFNO3S/c11-8-7(9(14)15)17-10(13-8)16-6-3-1-5(12)2-4-6/h1-4H,(H,14,15). The van der Waals surface area contributed by atoms with E-state index in [4.69, 9.17) is 21.4 Å². The molecule has 1 heterocycles. The molecule has 0 aliphatic carbocycles. The van der Waals surface area contributed by atoms with Gasteiger partial charge in [-0.2, -0.15) is 4.98 Å². The number of carboxylic acid groups (broad SMARTS) is 1. The summed E-state index contributed by atoms with van der Waals surface area (Å²) in [5.74, 6) is -1.20. The molecule has 0 saturated heterocycles. The van der Waals surface area contributed by atoms with Crippen LogP contribution in [0.15, 0.2) is 24.3 Å². The minimum absolute atomic E-state index is 0.0937. The minimum Gasteiger partial charge on any atom is -0.477 e. The summed E-state index contributed by atoms with van der Waals surface area (Å²) in [7, 11) is 0. The van der Waals surface area contributed by atoms with Gasteiger partial charge in [-0.25, -0.2) is 9.18 Å². The summed E-state index contributed by atoms with van der Waals surface area (Å²) in [5.41, 5.74) is 0. The van der Waals surface area contributed by atoms with E-state index < -0.39 is 5.97 Å². The molecular formula is C10H5ClFNO3S. The highest BCUT2D eigenvalue weighted by molar-refractivity contribution is 7.15. The third-order valence-electron chi connectivity index (χ3n) is 1.78. The molecule has 17 heavy (non-hydrogen) atoms. The first-order valence-corrected chi connectivity index (χ1v) is 5.59. The predicted molar refractivity (Wildman–Crippen MR) is 60.6 cm³/mol. The second kappa shape index (κ2) is 4.68. The number of thiazole rings is 1. The molecule has 2 rings (SSSR count). The molecule has 4 nitrogen and oxygen atoms in total. The molecule has 88 valence electrons. The third-order valence-corrected chi connectivity index (χ3v) is 3.09. The van der Waals surface area contributed by atoms with Crippen molar-refractivity contribution in [2.45, 2.75) is 0 Å². The van der Waals surface area contributed by atoms with E-state index in [1.165, 1.54) is 24.3 Å². The Balaban J connectivity index is 2.22. The van der Waals surface area contributed by atoms with Gasteiger partial charge in [0.25, 0.3) is 5.19 Å². The number of hydrogen-bond acceptors (Lipinski definition) is 4. The number of hydrogen-bond donors (Lipinski definition) is 1. The van der Waals surface area contributed by atoms with E-state index in [0.717, 1.165) is 11.3 Å². The summed E-state index contributed by atoms with van der Waals surface area (Å²) in [4.78, 5) is 14.4. The number of rotatable bonds is 3. The van der Waals surface area contributed by atoms with E-state index in [2.05, 4.69) is 4.98 Å².